The van der Waals surface area contributed by atoms with E-state index < -0.39 is 10.7 Å². The van der Waals surface area contributed by atoms with Crippen molar-refractivity contribution in [1.29, 1.82) is 0 Å². The Labute approximate surface area is 205 Å². The molecular formula is C27H32N2O4S. The van der Waals surface area contributed by atoms with Crippen molar-refractivity contribution in [3.63, 3.8) is 0 Å². The Kier molecular flexibility index (Phi) is 8.58. The lowest BCUT2D eigenvalue weighted by Crippen LogP contribution is -2.34. The topological polar surface area (TPSA) is 82.8 Å². The number of anilines is 1. The van der Waals surface area contributed by atoms with Gasteiger partial charge in [-0.05, 0) is 75.6 Å². The molecular weight excluding hydrogens is 448 g/mol. The van der Waals surface area contributed by atoms with E-state index in [2.05, 4.69) is 16.3 Å². The molecule has 1 heterocycles. The van der Waals surface area contributed by atoms with Crippen LogP contribution in [0.15, 0.2) is 70.2 Å². The number of aryl methyl sites for hydroxylation is 2. The standard InChI is InChI=1S/C27H32N2O4S/c1-19-7-12-24(20(2)16-19)28-25(30)18-29(17-22-6-5-15-33-22)14-13-21-8-10-23(11-9-21)34-27(3,4)26(31)32/h5-12,15-16H,13-14,17-18H2,1-4H3,(H,28,30)(H,31,32). The number of amides is 1. The summed E-state index contributed by atoms with van der Waals surface area (Å²) in [4.78, 5) is 27.1. The first-order valence-electron chi connectivity index (χ1n) is 11.3. The summed E-state index contributed by atoms with van der Waals surface area (Å²) < 4.78 is 4.62. The second-order valence-corrected chi connectivity index (χ2v) is 10.7. The molecule has 0 saturated heterocycles. The molecule has 6 nitrogen and oxygen atoms in total. The molecule has 2 N–H and O–H groups in total. The number of nitrogens with zero attached hydrogens (tertiary/aromatic N) is 1. The van der Waals surface area contributed by atoms with Crippen molar-refractivity contribution >= 4 is 29.3 Å². The second-order valence-electron chi connectivity index (χ2n) is 8.97. The number of carbonyl (C=O) groups excluding carboxylic acids is 1. The molecule has 3 aromatic rings. The Hall–Kier alpha value is -3.03. The zero-order valence-electron chi connectivity index (χ0n) is 20.1. The minimum absolute atomic E-state index is 0.0684. The van der Waals surface area contributed by atoms with Crippen LogP contribution in [0.2, 0.25) is 0 Å². The lowest BCUT2D eigenvalue weighted by atomic mass is 10.1. The molecule has 0 unspecified atom stereocenters. The summed E-state index contributed by atoms with van der Waals surface area (Å²) in [5.74, 6) is -0.0997. The average Bonchev–Trinajstić information content (AvgIpc) is 3.28. The molecule has 0 radical (unpaired) electrons. The van der Waals surface area contributed by atoms with E-state index in [0.717, 1.165) is 39.5 Å². The molecule has 0 aliphatic carbocycles. The highest BCUT2D eigenvalue weighted by molar-refractivity contribution is 8.01. The van der Waals surface area contributed by atoms with E-state index in [1.54, 1.807) is 20.1 Å². The van der Waals surface area contributed by atoms with Crippen molar-refractivity contribution < 1.29 is 19.1 Å². The van der Waals surface area contributed by atoms with Crippen molar-refractivity contribution in [3.05, 3.63) is 83.3 Å². The van der Waals surface area contributed by atoms with Crippen molar-refractivity contribution in [2.45, 2.75) is 50.3 Å². The smallest absolute Gasteiger partial charge is 0.319 e. The van der Waals surface area contributed by atoms with Gasteiger partial charge in [0, 0.05) is 17.1 Å². The number of benzene rings is 2. The quantitative estimate of drug-likeness (QED) is 0.351. The lowest BCUT2D eigenvalue weighted by molar-refractivity contribution is -0.138. The van der Waals surface area contributed by atoms with E-state index in [0.29, 0.717) is 13.1 Å². The number of carbonyl (C=O) groups is 2. The molecule has 0 aliphatic rings. The van der Waals surface area contributed by atoms with Crippen LogP contribution in [-0.4, -0.2) is 39.7 Å². The van der Waals surface area contributed by atoms with Crippen LogP contribution in [0, 0.1) is 13.8 Å². The summed E-state index contributed by atoms with van der Waals surface area (Å²) in [5.41, 5.74) is 4.14. The first kappa shape index (κ1) is 25.6. The largest absolute Gasteiger partial charge is 0.480 e. The van der Waals surface area contributed by atoms with E-state index >= 15 is 0 Å². The van der Waals surface area contributed by atoms with Crippen LogP contribution in [-0.2, 0) is 22.6 Å². The number of nitrogens with one attached hydrogen (secondary N) is 1. The van der Waals surface area contributed by atoms with Crippen LogP contribution in [0.1, 0.15) is 36.3 Å². The van der Waals surface area contributed by atoms with Gasteiger partial charge in [0.05, 0.1) is 19.4 Å². The molecule has 34 heavy (non-hydrogen) atoms. The fraction of sp³-hybridized carbons (Fsp3) is 0.333. The Morgan fingerprint density at radius 1 is 1.09 bits per heavy atom. The molecule has 0 aliphatic heterocycles. The van der Waals surface area contributed by atoms with Crippen LogP contribution in [0.4, 0.5) is 5.69 Å². The van der Waals surface area contributed by atoms with Gasteiger partial charge in [0.15, 0.2) is 0 Å². The third kappa shape index (κ3) is 7.50. The number of carboxylic acids is 1. The number of carboxylic acid groups (broad SMARTS) is 1. The predicted molar refractivity (Wildman–Crippen MR) is 136 cm³/mol. The molecule has 3 rings (SSSR count). The van der Waals surface area contributed by atoms with Gasteiger partial charge in [0.25, 0.3) is 0 Å². The van der Waals surface area contributed by atoms with Crippen LogP contribution in [0.5, 0.6) is 0 Å². The molecule has 0 saturated carbocycles. The highest BCUT2D eigenvalue weighted by atomic mass is 32.2. The summed E-state index contributed by atoms with van der Waals surface area (Å²) in [6, 6.07) is 17.7. The van der Waals surface area contributed by atoms with Crippen molar-refractivity contribution in [2.75, 3.05) is 18.4 Å². The van der Waals surface area contributed by atoms with E-state index in [4.69, 9.17) is 4.42 Å². The molecule has 1 aromatic heterocycles. The number of rotatable bonds is 11. The van der Waals surface area contributed by atoms with Gasteiger partial charge in [0.1, 0.15) is 10.5 Å². The van der Waals surface area contributed by atoms with E-state index in [9.17, 15) is 14.7 Å². The van der Waals surface area contributed by atoms with E-state index in [1.165, 1.54) is 11.8 Å². The predicted octanol–water partition coefficient (Wildman–Crippen LogP) is 5.54. The molecule has 0 spiro atoms. The van der Waals surface area contributed by atoms with Gasteiger partial charge in [-0.2, -0.15) is 0 Å². The molecule has 0 fully saturated rings. The summed E-state index contributed by atoms with van der Waals surface area (Å²) in [5, 5.41) is 12.4. The number of aliphatic carboxylic acids is 1. The van der Waals surface area contributed by atoms with Gasteiger partial charge < -0.3 is 14.8 Å². The second kappa shape index (κ2) is 11.4. The van der Waals surface area contributed by atoms with Gasteiger partial charge in [-0.15, -0.1) is 11.8 Å². The van der Waals surface area contributed by atoms with Gasteiger partial charge in [-0.3, -0.25) is 14.5 Å². The fourth-order valence-electron chi connectivity index (χ4n) is 3.53. The van der Waals surface area contributed by atoms with Crippen molar-refractivity contribution in [2.24, 2.45) is 0 Å². The Morgan fingerprint density at radius 2 is 1.82 bits per heavy atom. The molecule has 180 valence electrons. The zero-order chi connectivity index (χ0) is 24.7. The summed E-state index contributed by atoms with van der Waals surface area (Å²) in [6.07, 6.45) is 2.39. The highest BCUT2D eigenvalue weighted by Crippen LogP contribution is 2.32. The normalized spacial score (nSPS) is 11.6. The van der Waals surface area contributed by atoms with E-state index in [-0.39, 0.29) is 12.5 Å². The number of thioether (sulfide) groups is 1. The number of hydrogen-bond donors (Lipinski definition) is 2. The van der Waals surface area contributed by atoms with Crippen LogP contribution in [0.3, 0.4) is 0 Å². The van der Waals surface area contributed by atoms with Gasteiger partial charge in [0.2, 0.25) is 5.91 Å². The highest BCUT2D eigenvalue weighted by Gasteiger charge is 2.28. The number of furan rings is 1. The minimum atomic E-state index is -0.884. The minimum Gasteiger partial charge on any atom is -0.480 e. The summed E-state index contributed by atoms with van der Waals surface area (Å²) >= 11 is 1.33. The van der Waals surface area contributed by atoms with Crippen molar-refractivity contribution in [3.8, 4) is 0 Å². The van der Waals surface area contributed by atoms with Crippen molar-refractivity contribution in [1.82, 2.24) is 4.90 Å². The monoisotopic (exact) mass is 480 g/mol. The summed E-state index contributed by atoms with van der Waals surface area (Å²) in [7, 11) is 0. The maximum atomic E-state index is 12.8. The van der Waals surface area contributed by atoms with Gasteiger partial charge >= 0.3 is 5.97 Å². The van der Waals surface area contributed by atoms with E-state index in [1.807, 2.05) is 62.4 Å². The van der Waals surface area contributed by atoms with Gasteiger partial charge in [-0.1, -0.05) is 29.8 Å². The SMILES string of the molecule is Cc1ccc(NC(=O)CN(CCc2ccc(SC(C)(C)C(=O)O)cc2)Cc2ccco2)c(C)c1. The average molecular weight is 481 g/mol. The van der Waals surface area contributed by atoms with Crippen LogP contribution >= 0.6 is 11.8 Å². The Balaban J connectivity index is 1.62. The Bertz CT molecular complexity index is 1110. The third-order valence-electron chi connectivity index (χ3n) is 5.51. The van der Waals surface area contributed by atoms with Crippen LogP contribution < -0.4 is 5.32 Å². The third-order valence-corrected chi connectivity index (χ3v) is 6.70. The zero-order valence-corrected chi connectivity index (χ0v) is 20.9. The lowest BCUT2D eigenvalue weighted by Gasteiger charge is -2.21. The van der Waals surface area contributed by atoms with Crippen LogP contribution in [0.25, 0.3) is 0 Å². The molecule has 2 aromatic carbocycles. The summed E-state index contributed by atoms with van der Waals surface area (Å²) in [6.45, 7) is 8.87. The first-order valence-corrected chi connectivity index (χ1v) is 12.1. The number of hydrogen-bond acceptors (Lipinski definition) is 5. The first-order chi connectivity index (χ1) is 16.1. The Morgan fingerprint density at radius 3 is 2.44 bits per heavy atom. The van der Waals surface area contributed by atoms with Gasteiger partial charge in [-0.25, -0.2) is 0 Å². The maximum Gasteiger partial charge on any atom is 0.319 e. The molecule has 0 atom stereocenters. The maximum absolute atomic E-state index is 12.8. The molecule has 1 amide bonds. The fourth-order valence-corrected chi connectivity index (χ4v) is 4.48. The molecule has 0 bridgehead atoms. The molecule has 7 heteroatoms.